The fourth-order valence-electron chi connectivity index (χ4n) is 0.812. The standard InChI is InChI=1S/C8H14N2O2S/c1-7-10-8(6-13-7)5-9-12-4-3-11-2/h6,9H,3-5H2,1-2H3. The highest BCUT2D eigenvalue weighted by Gasteiger charge is 1.96. The smallest absolute Gasteiger partial charge is 0.0916 e. The van der Waals surface area contributed by atoms with Gasteiger partial charge in [-0.15, -0.1) is 11.3 Å². The Morgan fingerprint density at radius 1 is 1.54 bits per heavy atom. The van der Waals surface area contributed by atoms with Crippen molar-refractivity contribution in [2.24, 2.45) is 0 Å². The van der Waals surface area contributed by atoms with Gasteiger partial charge in [0.1, 0.15) is 0 Å². The Bertz CT molecular complexity index is 240. The van der Waals surface area contributed by atoms with Crippen molar-refractivity contribution < 1.29 is 9.57 Å². The maximum atomic E-state index is 5.08. The first kappa shape index (κ1) is 10.6. The summed E-state index contributed by atoms with van der Waals surface area (Å²) < 4.78 is 4.82. The second-order valence-electron chi connectivity index (χ2n) is 2.52. The SMILES string of the molecule is COCCONCc1csc(C)n1. The van der Waals surface area contributed by atoms with Crippen molar-refractivity contribution in [1.82, 2.24) is 10.5 Å². The highest BCUT2D eigenvalue weighted by molar-refractivity contribution is 7.09. The summed E-state index contributed by atoms with van der Waals surface area (Å²) in [4.78, 5) is 9.35. The van der Waals surface area contributed by atoms with E-state index in [2.05, 4.69) is 10.5 Å². The number of thiazole rings is 1. The van der Waals surface area contributed by atoms with Crippen molar-refractivity contribution in [3.8, 4) is 0 Å². The largest absolute Gasteiger partial charge is 0.382 e. The van der Waals surface area contributed by atoms with Crippen LogP contribution in [0.5, 0.6) is 0 Å². The highest BCUT2D eigenvalue weighted by atomic mass is 32.1. The molecule has 13 heavy (non-hydrogen) atoms. The summed E-state index contributed by atoms with van der Waals surface area (Å²) in [6, 6.07) is 0. The first-order valence-electron chi connectivity index (χ1n) is 4.07. The predicted octanol–water partition coefficient (Wildman–Crippen LogP) is 1.12. The van der Waals surface area contributed by atoms with Crippen LogP contribution in [0.2, 0.25) is 0 Å². The minimum absolute atomic E-state index is 0.555. The number of ether oxygens (including phenoxy) is 1. The average molecular weight is 202 g/mol. The highest BCUT2D eigenvalue weighted by Crippen LogP contribution is 2.06. The van der Waals surface area contributed by atoms with E-state index in [-0.39, 0.29) is 0 Å². The summed E-state index contributed by atoms with van der Waals surface area (Å²) in [7, 11) is 1.65. The topological polar surface area (TPSA) is 43.4 Å². The summed E-state index contributed by atoms with van der Waals surface area (Å²) in [5, 5.41) is 3.09. The molecule has 0 radical (unpaired) electrons. The van der Waals surface area contributed by atoms with Crippen LogP contribution in [0, 0.1) is 6.92 Å². The fraction of sp³-hybridized carbons (Fsp3) is 0.625. The number of rotatable bonds is 6. The van der Waals surface area contributed by atoms with E-state index in [1.807, 2.05) is 12.3 Å². The first-order valence-corrected chi connectivity index (χ1v) is 4.95. The minimum atomic E-state index is 0.555. The van der Waals surface area contributed by atoms with Crippen LogP contribution in [0.4, 0.5) is 0 Å². The number of nitrogens with one attached hydrogen (secondary N) is 1. The fourth-order valence-corrected chi connectivity index (χ4v) is 1.42. The van der Waals surface area contributed by atoms with Gasteiger partial charge in [-0.1, -0.05) is 0 Å². The molecule has 0 aliphatic rings. The normalized spacial score (nSPS) is 10.6. The molecule has 0 aliphatic heterocycles. The quantitative estimate of drug-likeness (QED) is 0.554. The van der Waals surface area contributed by atoms with Gasteiger partial charge in [0, 0.05) is 12.5 Å². The van der Waals surface area contributed by atoms with E-state index in [0.29, 0.717) is 19.8 Å². The zero-order chi connectivity index (χ0) is 9.52. The summed E-state index contributed by atoms with van der Waals surface area (Å²) in [6.45, 7) is 3.79. The molecule has 1 rings (SSSR count). The molecule has 0 amide bonds. The van der Waals surface area contributed by atoms with Gasteiger partial charge in [-0.2, -0.15) is 5.48 Å². The van der Waals surface area contributed by atoms with Gasteiger partial charge in [0.25, 0.3) is 0 Å². The molecule has 4 nitrogen and oxygen atoms in total. The summed E-state index contributed by atoms with van der Waals surface area (Å²) in [6.07, 6.45) is 0. The van der Waals surface area contributed by atoms with E-state index < -0.39 is 0 Å². The minimum Gasteiger partial charge on any atom is -0.382 e. The van der Waals surface area contributed by atoms with Crippen molar-refractivity contribution in [3.05, 3.63) is 16.1 Å². The number of nitrogens with zero attached hydrogens (tertiary/aromatic N) is 1. The molecule has 0 saturated carbocycles. The van der Waals surface area contributed by atoms with Gasteiger partial charge in [0.2, 0.25) is 0 Å². The average Bonchev–Trinajstić information content (AvgIpc) is 2.51. The molecule has 1 aromatic heterocycles. The van der Waals surface area contributed by atoms with E-state index in [1.54, 1.807) is 18.4 Å². The van der Waals surface area contributed by atoms with E-state index in [1.165, 1.54) is 0 Å². The van der Waals surface area contributed by atoms with Crippen molar-refractivity contribution in [2.45, 2.75) is 13.5 Å². The summed E-state index contributed by atoms with van der Waals surface area (Å²) in [5.41, 5.74) is 3.83. The monoisotopic (exact) mass is 202 g/mol. The zero-order valence-electron chi connectivity index (χ0n) is 7.87. The molecule has 0 bridgehead atoms. The van der Waals surface area contributed by atoms with Crippen LogP contribution in [0.25, 0.3) is 0 Å². The van der Waals surface area contributed by atoms with Crippen LogP contribution in [0.1, 0.15) is 10.7 Å². The molecular weight excluding hydrogens is 188 g/mol. The summed E-state index contributed by atoms with van der Waals surface area (Å²) >= 11 is 1.64. The van der Waals surface area contributed by atoms with Crippen molar-refractivity contribution in [1.29, 1.82) is 0 Å². The Balaban J connectivity index is 2.06. The van der Waals surface area contributed by atoms with Gasteiger partial charge < -0.3 is 4.74 Å². The van der Waals surface area contributed by atoms with Crippen molar-refractivity contribution in [3.63, 3.8) is 0 Å². The van der Waals surface area contributed by atoms with Crippen molar-refractivity contribution >= 4 is 11.3 Å². The molecule has 0 aliphatic carbocycles. The molecule has 0 atom stereocenters. The van der Waals surface area contributed by atoms with Crippen LogP contribution >= 0.6 is 11.3 Å². The Morgan fingerprint density at radius 3 is 3.00 bits per heavy atom. The van der Waals surface area contributed by atoms with Crippen LogP contribution in [-0.2, 0) is 16.1 Å². The number of hydrogen-bond acceptors (Lipinski definition) is 5. The lowest BCUT2D eigenvalue weighted by molar-refractivity contribution is 0.00304. The van der Waals surface area contributed by atoms with E-state index in [0.717, 1.165) is 10.7 Å². The Kier molecular flexibility index (Phi) is 4.92. The van der Waals surface area contributed by atoms with Crippen LogP contribution < -0.4 is 5.48 Å². The number of methoxy groups -OCH3 is 1. The summed E-state index contributed by atoms with van der Waals surface area (Å²) in [5.74, 6) is 0. The molecule has 1 heterocycles. The van der Waals surface area contributed by atoms with E-state index in [9.17, 15) is 0 Å². The van der Waals surface area contributed by atoms with Gasteiger partial charge in [-0.05, 0) is 6.92 Å². The van der Waals surface area contributed by atoms with Crippen LogP contribution in [0.3, 0.4) is 0 Å². The third-order valence-electron chi connectivity index (χ3n) is 1.41. The lowest BCUT2D eigenvalue weighted by Gasteiger charge is -2.02. The molecule has 5 heteroatoms. The van der Waals surface area contributed by atoms with Crippen molar-refractivity contribution in [2.75, 3.05) is 20.3 Å². The maximum absolute atomic E-state index is 5.08. The van der Waals surface area contributed by atoms with Gasteiger partial charge >= 0.3 is 0 Å². The van der Waals surface area contributed by atoms with Gasteiger partial charge in [0.15, 0.2) is 0 Å². The van der Waals surface area contributed by atoms with Gasteiger partial charge in [0.05, 0.1) is 30.5 Å². The molecule has 0 unspecified atom stereocenters. The molecular formula is C8H14N2O2S. The Hall–Kier alpha value is -0.490. The van der Waals surface area contributed by atoms with Crippen LogP contribution in [0.15, 0.2) is 5.38 Å². The second kappa shape index (κ2) is 6.04. The number of aromatic nitrogens is 1. The van der Waals surface area contributed by atoms with E-state index >= 15 is 0 Å². The number of hydrogen-bond donors (Lipinski definition) is 1. The van der Waals surface area contributed by atoms with Crippen LogP contribution in [-0.4, -0.2) is 25.3 Å². The zero-order valence-corrected chi connectivity index (χ0v) is 8.69. The molecule has 1 aromatic rings. The lowest BCUT2D eigenvalue weighted by atomic mass is 10.5. The van der Waals surface area contributed by atoms with E-state index in [4.69, 9.17) is 9.57 Å². The molecule has 0 fully saturated rings. The first-order chi connectivity index (χ1) is 6.33. The molecule has 0 aromatic carbocycles. The Morgan fingerprint density at radius 2 is 2.38 bits per heavy atom. The number of hydroxylamine groups is 1. The second-order valence-corrected chi connectivity index (χ2v) is 3.58. The molecule has 0 saturated heterocycles. The molecule has 1 N–H and O–H groups in total. The maximum Gasteiger partial charge on any atom is 0.0916 e. The number of aryl methyl sites for hydroxylation is 1. The lowest BCUT2D eigenvalue weighted by Crippen LogP contribution is -2.17. The Labute approximate surface area is 81.8 Å². The predicted molar refractivity (Wildman–Crippen MR) is 51.5 cm³/mol. The van der Waals surface area contributed by atoms with Gasteiger partial charge in [-0.25, -0.2) is 4.98 Å². The third kappa shape index (κ3) is 4.33. The van der Waals surface area contributed by atoms with Gasteiger partial charge in [-0.3, -0.25) is 4.84 Å². The third-order valence-corrected chi connectivity index (χ3v) is 2.23. The molecule has 74 valence electrons. The molecule has 0 spiro atoms.